The number of aromatic amines is 1. The topological polar surface area (TPSA) is 94.5 Å². The molecule has 0 radical (unpaired) electrons. The Kier molecular flexibility index (Phi) is 7.51. The zero-order valence-electron chi connectivity index (χ0n) is 18.0. The lowest BCUT2D eigenvalue weighted by molar-refractivity contribution is -0.140. The molecular weight excluding hydrogens is 366 g/mol. The summed E-state index contributed by atoms with van der Waals surface area (Å²) in [6.45, 7) is 12.1. The van der Waals surface area contributed by atoms with Crippen molar-refractivity contribution in [3.63, 3.8) is 0 Å². The zero-order valence-corrected chi connectivity index (χ0v) is 18.0. The van der Waals surface area contributed by atoms with E-state index in [1.165, 1.54) is 0 Å². The van der Waals surface area contributed by atoms with Gasteiger partial charge < -0.3 is 15.4 Å². The number of hydrogen-bond donors (Lipinski definition) is 3. The van der Waals surface area contributed by atoms with Crippen LogP contribution in [0.25, 0.3) is 0 Å². The van der Waals surface area contributed by atoms with Crippen LogP contribution in [0.2, 0.25) is 0 Å². The number of aliphatic imine (C=N–C) groups is 1. The summed E-state index contributed by atoms with van der Waals surface area (Å²) in [6.07, 6.45) is 1.70. The van der Waals surface area contributed by atoms with Crippen molar-refractivity contribution in [1.29, 1.82) is 0 Å². The molecule has 0 saturated heterocycles. The van der Waals surface area contributed by atoms with Crippen molar-refractivity contribution in [1.82, 2.24) is 10.3 Å². The smallest absolute Gasteiger partial charge is 0.320 e. The number of rotatable bonds is 8. The number of aromatic nitrogens is 1. The molecule has 0 bridgehead atoms. The van der Waals surface area contributed by atoms with Crippen LogP contribution < -0.4 is 10.9 Å². The fraction of sp³-hybridized carbons (Fsp3) is 0.435. The number of hydrogen-bond acceptors (Lipinski definition) is 4. The number of carbonyl (C=O) groups is 1. The van der Waals surface area contributed by atoms with Gasteiger partial charge in [-0.25, -0.2) is 0 Å². The number of carboxylic acids is 1. The molecule has 2 aromatic rings. The lowest BCUT2D eigenvalue weighted by Gasteiger charge is -2.18. The summed E-state index contributed by atoms with van der Waals surface area (Å²) in [5, 5.41) is 12.5. The highest BCUT2D eigenvalue weighted by Crippen LogP contribution is 2.24. The van der Waals surface area contributed by atoms with Crippen LogP contribution >= 0.6 is 0 Å². The maximum absolute atomic E-state index is 11.7. The Bertz CT molecular complexity index is 958. The van der Waals surface area contributed by atoms with Gasteiger partial charge >= 0.3 is 5.97 Å². The zero-order chi connectivity index (χ0) is 21.7. The molecule has 6 heteroatoms. The van der Waals surface area contributed by atoms with Crippen LogP contribution in [-0.2, 0) is 11.3 Å². The van der Waals surface area contributed by atoms with E-state index in [0.717, 1.165) is 28.1 Å². The fourth-order valence-electron chi connectivity index (χ4n) is 3.12. The third-order valence-corrected chi connectivity index (χ3v) is 4.90. The van der Waals surface area contributed by atoms with Gasteiger partial charge in [-0.05, 0) is 48.9 Å². The Morgan fingerprint density at radius 2 is 1.83 bits per heavy atom. The van der Waals surface area contributed by atoms with E-state index in [4.69, 9.17) is 4.99 Å². The molecule has 0 spiro atoms. The van der Waals surface area contributed by atoms with Crippen molar-refractivity contribution in [3.05, 3.63) is 63.1 Å². The molecule has 0 aliphatic rings. The van der Waals surface area contributed by atoms with Crippen LogP contribution in [-0.4, -0.2) is 27.8 Å². The fourth-order valence-corrected chi connectivity index (χ4v) is 3.12. The van der Waals surface area contributed by atoms with Gasteiger partial charge in [0.25, 0.3) is 5.56 Å². The predicted molar refractivity (Wildman–Crippen MR) is 117 cm³/mol. The van der Waals surface area contributed by atoms with E-state index in [1.54, 1.807) is 13.1 Å². The summed E-state index contributed by atoms with van der Waals surface area (Å²) < 4.78 is 0. The molecule has 1 aromatic carbocycles. The van der Waals surface area contributed by atoms with Gasteiger partial charge in [0.15, 0.2) is 0 Å². The second-order valence-electron chi connectivity index (χ2n) is 8.11. The standard InChI is InChI=1S/C23H31N3O3/c1-13(2)20(18-9-16(6)22(27)25-12-18)26-19-10-17(8-7-15(19)5)11-24-21(14(3)4)23(28)29/h7-10,12-14,21,24H,11H2,1-6H3,(H,25,27)(H,28,29). The van der Waals surface area contributed by atoms with Crippen molar-refractivity contribution >= 4 is 17.4 Å². The van der Waals surface area contributed by atoms with E-state index in [9.17, 15) is 14.7 Å². The summed E-state index contributed by atoms with van der Waals surface area (Å²) >= 11 is 0. The number of nitrogens with zero attached hydrogens (tertiary/aromatic N) is 1. The van der Waals surface area contributed by atoms with Gasteiger partial charge in [0.2, 0.25) is 0 Å². The van der Waals surface area contributed by atoms with Gasteiger partial charge in [0, 0.05) is 23.9 Å². The first-order valence-corrected chi connectivity index (χ1v) is 9.94. The van der Waals surface area contributed by atoms with Gasteiger partial charge in [0.1, 0.15) is 6.04 Å². The molecule has 6 nitrogen and oxygen atoms in total. The molecule has 1 unspecified atom stereocenters. The number of nitrogens with one attached hydrogen (secondary N) is 2. The van der Waals surface area contributed by atoms with E-state index in [2.05, 4.69) is 24.1 Å². The van der Waals surface area contributed by atoms with Crippen LogP contribution in [0.3, 0.4) is 0 Å². The summed E-state index contributed by atoms with van der Waals surface area (Å²) in [6, 6.07) is 7.23. The number of pyridine rings is 1. The molecule has 0 aliphatic carbocycles. The van der Waals surface area contributed by atoms with Crippen LogP contribution in [0.15, 0.2) is 40.2 Å². The third-order valence-electron chi connectivity index (χ3n) is 4.90. The summed E-state index contributed by atoms with van der Waals surface area (Å²) in [5.41, 5.74) is 5.19. The molecule has 0 fully saturated rings. The van der Waals surface area contributed by atoms with Crippen molar-refractivity contribution in [2.45, 2.75) is 54.1 Å². The summed E-state index contributed by atoms with van der Waals surface area (Å²) in [5.74, 6) is -0.689. The highest BCUT2D eigenvalue weighted by Gasteiger charge is 2.20. The first-order chi connectivity index (χ1) is 13.6. The molecule has 1 aromatic heterocycles. The maximum Gasteiger partial charge on any atom is 0.320 e. The Morgan fingerprint density at radius 3 is 2.38 bits per heavy atom. The van der Waals surface area contributed by atoms with Gasteiger partial charge in [-0.2, -0.15) is 0 Å². The van der Waals surface area contributed by atoms with E-state index in [1.807, 2.05) is 45.0 Å². The first-order valence-electron chi connectivity index (χ1n) is 9.94. The minimum Gasteiger partial charge on any atom is -0.480 e. The molecule has 2 rings (SSSR count). The predicted octanol–water partition coefficient (Wildman–Crippen LogP) is 3.97. The van der Waals surface area contributed by atoms with Crippen molar-refractivity contribution in [2.24, 2.45) is 16.8 Å². The van der Waals surface area contributed by atoms with Crippen LogP contribution in [0, 0.1) is 25.7 Å². The van der Waals surface area contributed by atoms with Crippen LogP contribution in [0.1, 0.15) is 49.9 Å². The molecule has 0 amide bonds. The SMILES string of the molecule is Cc1ccc(CNC(C(=O)O)C(C)C)cc1N=C(c1c[nH]c(=O)c(C)c1)C(C)C. The molecule has 1 atom stereocenters. The lowest BCUT2D eigenvalue weighted by atomic mass is 9.99. The summed E-state index contributed by atoms with van der Waals surface area (Å²) in [7, 11) is 0. The molecule has 3 N–H and O–H groups in total. The Labute approximate surface area is 172 Å². The summed E-state index contributed by atoms with van der Waals surface area (Å²) in [4.78, 5) is 30.8. The quantitative estimate of drug-likeness (QED) is 0.588. The van der Waals surface area contributed by atoms with Crippen molar-refractivity contribution in [3.8, 4) is 0 Å². The third kappa shape index (κ3) is 5.87. The Hall–Kier alpha value is -2.73. The van der Waals surface area contributed by atoms with Crippen molar-refractivity contribution < 1.29 is 9.90 Å². The highest BCUT2D eigenvalue weighted by molar-refractivity contribution is 6.03. The van der Waals surface area contributed by atoms with E-state index in [-0.39, 0.29) is 17.4 Å². The van der Waals surface area contributed by atoms with Gasteiger partial charge in [-0.15, -0.1) is 0 Å². The average molecular weight is 398 g/mol. The number of aryl methyl sites for hydroxylation is 2. The van der Waals surface area contributed by atoms with Crippen molar-refractivity contribution in [2.75, 3.05) is 0 Å². The number of benzene rings is 1. The van der Waals surface area contributed by atoms with E-state index in [0.29, 0.717) is 12.1 Å². The van der Waals surface area contributed by atoms with Gasteiger partial charge in [-0.3, -0.25) is 14.6 Å². The van der Waals surface area contributed by atoms with Crippen LogP contribution in [0.4, 0.5) is 5.69 Å². The van der Waals surface area contributed by atoms with Crippen LogP contribution in [0.5, 0.6) is 0 Å². The second-order valence-corrected chi connectivity index (χ2v) is 8.11. The normalized spacial score (nSPS) is 13.2. The lowest BCUT2D eigenvalue weighted by Crippen LogP contribution is -2.40. The molecule has 156 valence electrons. The molecule has 0 aliphatic heterocycles. The highest BCUT2D eigenvalue weighted by atomic mass is 16.4. The Balaban J connectivity index is 2.36. The molecular formula is C23H31N3O3. The first kappa shape index (κ1) is 22.6. The minimum atomic E-state index is -0.846. The Morgan fingerprint density at radius 1 is 1.14 bits per heavy atom. The molecule has 1 heterocycles. The molecule has 0 saturated carbocycles. The minimum absolute atomic E-state index is 0.00791. The molecule has 29 heavy (non-hydrogen) atoms. The number of carboxylic acid groups (broad SMARTS) is 1. The second kappa shape index (κ2) is 9.65. The van der Waals surface area contributed by atoms with E-state index >= 15 is 0 Å². The largest absolute Gasteiger partial charge is 0.480 e. The maximum atomic E-state index is 11.7. The van der Waals surface area contributed by atoms with Gasteiger partial charge in [-0.1, -0.05) is 39.8 Å². The average Bonchev–Trinajstić information content (AvgIpc) is 2.63. The van der Waals surface area contributed by atoms with E-state index < -0.39 is 12.0 Å². The van der Waals surface area contributed by atoms with Gasteiger partial charge in [0.05, 0.1) is 11.4 Å². The number of aliphatic carboxylic acids is 1. The monoisotopic (exact) mass is 397 g/mol. The number of H-pyrrole nitrogens is 1.